The van der Waals surface area contributed by atoms with Crippen LogP contribution >= 0.6 is 0 Å². The number of hydrogen-bond donors (Lipinski definition) is 1. The fourth-order valence-corrected chi connectivity index (χ4v) is 4.91. The van der Waals surface area contributed by atoms with Gasteiger partial charge in [-0.15, -0.1) is 0 Å². The van der Waals surface area contributed by atoms with Crippen molar-refractivity contribution in [2.45, 2.75) is 18.7 Å². The van der Waals surface area contributed by atoms with Crippen LogP contribution in [0.2, 0.25) is 0 Å². The van der Waals surface area contributed by atoms with Crippen LogP contribution in [-0.2, 0) is 10.0 Å². The molecule has 0 saturated carbocycles. The van der Waals surface area contributed by atoms with E-state index in [-0.39, 0.29) is 10.5 Å². The van der Waals surface area contributed by atoms with Gasteiger partial charge in [-0.05, 0) is 54.6 Å². The van der Waals surface area contributed by atoms with Crippen LogP contribution in [0, 0.1) is 0 Å². The van der Waals surface area contributed by atoms with Crippen LogP contribution in [0.3, 0.4) is 0 Å². The van der Waals surface area contributed by atoms with Gasteiger partial charge in [0.1, 0.15) is 5.52 Å². The molecule has 3 aromatic carbocycles. The summed E-state index contributed by atoms with van der Waals surface area (Å²) in [5, 5.41) is 2.80. The van der Waals surface area contributed by atoms with Gasteiger partial charge in [-0.1, -0.05) is 32.0 Å². The van der Waals surface area contributed by atoms with E-state index in [2.05, 4.69) is 10.3 Å². The molecule has 4 rings (SSSR count). The first-order valence-corrected chi connectivity index (χ1v) is 11.7. The number of para-hydroxylation sites is 2. The number of nitrogens with one attached hydrogen (secondary N) is 1. The van der Waals surface area contributed by atoms with E-state index in [1.54, 1.807) is 38.1 Å². The number of hydrogen-bond acceptors (Lipinski definition) is 5. The summed E-state index contributed by atoms with van der Waals surface area (Å²) in [7, 11) is -3.64. The lowest BCUT2D eigenvalue weighted by Gasteiger charge is -2.18. The number of rotatable bonds is 7. The highest BCUT2D eigenvalue weighted by Gasteiger charge is 2.22. The standard InChI is InChI=1S/C24H23N3O4S/c1-3-27(4-2)32(29,30)20-9-7-8-18(16-20)23(28)25-19-14-12-17(13-15-19)24-26-21-10-5-6-11-22(21)31-24/h5-16H,3-4H2,1-2H3,(H,25,28). The second-order valence-corrected chi connectivity index (χ2v) is 9.07. The van der Waals surface area contributed by atoms with Gasteiger partial charge in [0.2, 0.25) is 15.9 Å². The predicted octanol–water partition coefficient (Wildman–Crippen LogP) is 4.78. The van der Waals surface area contributed by atoms with Gasteiger partial charge in [0.25, 0.3) is 5.91 Å². The second kappa shape index (κ2) is 8.94. The van der Waals surface area contributed by atoms with E-state index in [1.807, 2.05) is 36.4 Å². The highest BCUT2D eigenvalue weighted by Crippen LogP contribution is 2.25. The fraction of sp³-hybridized carbons (Fsp3) is 0.167. The van der Waals surface area contributed by atoms with Crippen LogP contribution < -0.4 is 5.32 Å². The molecule has 0 spiro atoms. The highest BCUT2D eigenvalue weighted by molar-refractivity contribution is 7.89. The van der Waals surface area contributed by atoms with Crippen LogP contribution in [0.1, 0.15) is 24.2 Å². The Labute approximate surface area is 186 Å². The maximum absolute atomic E-state index is 12.7. The monoisotopic (exact) mass is 449 g/mol. The first-order valence-electron chi connectivity index (χ1n) is 10.3. The van der Waals surface area contributed by atoms with Gasteiger partial charge in [-0.3, -0.25) is 4.79 Å². The van der Waals surface area contributed by atoms with E-state index >= 15 is 0 Å². The molecule has 0 aliphatic heterocycles. The molecular formula is C24H23N3O4S. The Balaban J connectivity index is 1.52. The van der Waals surface area contributed by atoms with Gasteiger partial charge in [-0.25, -0.2) is 13.4 Å². The molecule has 0 saturated heterocycles. The molecule has 1 N–H and O–H groups in total. The third-order valence-corrected chi connectivity index (χ3v) is 7.17. The largest absolute Gasteiger partial charge is 0.436 e. The molecule has 0 fully saturated rings. The van der Waals surface area contributed by atoms with Gasteiger partial charge in [0.05, 0.1) is 4.90 Å². The van der Waals surface area contributed by atoms with Crippen LogP contribution in [0.25, 0.3) is 22.6 Å². The summed E-state index contributed by atoms with van der Waals surface area (Å²) < 4.78 is 32.6. The van der Waals surface area contributed by atoms with Crippen molar-refractivity contribution < 1.29 is 17.6 Å². The molecule has 0 unspecified atom stereocenters. The Morgan fingerprint density at radius 1 is 0.969 bits per heavy atom. The van der Waals surface area contributed by atoms with Gasteiger partial charge < -0.3 is 9.73 Å². The molecular weight excluding hydrogens is 426 g/mol. The molecule has 8 heteroatoms. The molecule has 0 radical (unpaired) electrons. The van der Waals surface area contributed by atoms with Crippen molar-refractivity contribution in [2.75, 3.05) is 18.4 Å². The average Bonchev–Trinajstić information content (AvgIpc) is 3.24. The molecule has 1 aromatic heterocycles. The number of carbonyl (C=O) groups excluding carboxylic acids is 1. The van der Waals surface area contributed by atoms with Crippen LogP contribution in [0.15, 0.2) is 82.1 Å². The van der Waals surface area contributed by atoms with Gasteiger partial charge in [0, 0.05) is 29.9 Å². The molecule has 7 nitrogen and oxygen atoms in total. The molecule has 1 amide bonds. The number of oxazole rings is 1. The zero-order valence-electron chi connectivity index (χ0n) is 17.8. The van der Waals surface area contributed by atoms with E-state index in [0.29, 0.717) is 30.3 Å². The summed E-state index contributed by atoms with van der Waals surface area (Å²) in [5.41, 5.74) is 3.11. The summed E-state index contributed by atoms with van der Waals surface area (Å²) in [6.45, 7) is 4.29. The lowest BCUT2D eigenvalue weighted by molar-refractivity contribution is 0.102. The minimum absolute atomic E-state index is 0.0974. The molecule has 0 aliphatic rings. The number of fused-ring (bicyclic) bond motifs is 1. The zero-order valence-corrected chi connectivity index (χ0v) is 18.6. The summed E-state index contributed by atoms with van der Waals surface area (Å²) in [5.74, 6) is 0.106. The smallest absolute Gasteiger partial charge is 0.255 e. The topological polar surface area (TPSA) is 92.5 Å². The Kier molecular flexibility index (Phi) is 6.07. The van der Waals surface area contributed by atoms with Crippen molar-refractivity contribution in [3.63, 3.8) is 0 Å². The van der Waals surface area contributed by atoms with Crippen LogP contribution in [0.4, 0.5) is 5.69 Å². The van der Waals surface area contributed by atoms with Crippen molar-refractivity contribution >= 4 is 32.7 Å². The van der Waals surface area contributed by atoms with Crippen molar-refractivity contribution in [3.05, 3.63) is 78.4 Å². The van der Waals surface area contributed by atoms with Gasteiger partial charge in [-0.2, -0.15) is 4.31 Å². The minimum Gasteiger partial charge on any atom is -0.436 e. The SMILES string of the molecule is CCN(CC)S(=O)(=O)c1cccc(C(=O)Nc2ccc(-c3nc4ccccc4o3)cc2)c1. The van der Waals surface area contributed by atoms with Gasteiger partial charge in [0.15, 0.2) is 5.58 Å². The molecule has 0 bridgehead atoms. The van der Waals surface area contributed by atoms with E-state index in [9.17, 15) is 13.2 Å². The lowest BCUT2D eigenvalue weighted by Crippen LogP contribution is -2.30. The molecule has 32 heavy (non-hydrogen) atoms. The van der Waals surface area contributed by atoms with E-state index in [0.717, 1.165) is 11.1 Å². The summed E-state index contributed by atoms with van der Waals surface area (Å²) in [6, 6.07) is 20.7. The Morgan fingerprint density at radius 2 is 1.69 bits per heavy atom. The van der Waals surface area contributed by atoms with E-state index < -0.39 is 15.9 Å². The quantitative estimate of drug-likeness (QED) is 0.438. The maximum atomic E-state index is 12.7. The average molecular weight is 450 g/mol. The molecule has 164 valence electrons. The summed E-state index contributed by atoms with van der Waals surface area (Å²) >= 11 is 0. The maximum Gasteiger partial charge on any atom is 0.255 e. The van der Waals surface area contributed by atoms with E-state index in [1.165, 1.54) is 16.4 Å². The first kappa shape index (κ1) is 21.7. The van der Waals surface area contributed by atoms with Crippen molar-refractivity contribution in [1.82, 2.24) is 9.29 Å². The third-order valence-electron chi connectivity index (χ3n) is 5.12. The normalized spacial score (nSPS) is 11.7. The van der Waals surface area contributed by atoms with Crippen molar-refractivity contribution in [1.29, 1.82) is 0 Å². The number of nitrogens with zero attached hydrogens (tertiary/aromatic N) is 2. The van der Waals surface area contributed by atoms with Crippen molar-refractivity contribution in [3.8, 4) is 11.5 Å². The molecule has 0 aliphatic carbocycles. The number of benzene rings is 3. The number of sulfonamides is 1. The van der Waals surface area contributed by atoms with Gasteiger partial charge >= 0.3 is 0 Å². The predicted molar refractivity (Wildman–Crippen MR) is 124 cm³/mol. The van der Waals surface area contributed by atoms with Crippen LogP contribution in [-0.4, -0.2) is 36.7 Å². The Bertz CT molecular complexity index is 1320. The Hall–Kier alpha value is -3.49. The Morgan fingerprint density at radius 3 is 2.38 bits per heavy atom. The first-order chi connectivity index (χ1) is 15.4. The number of anilines is 1. The lowest BCUT2D eigenvalue weighted by atomic mass is 10.2. The molecule has 1 heterocycles. The minimum atomic E-state index is -3.64. The van der Waals surface area contributed by atoms with Crippen LogP contribution in [0.5, 0.6) is 0 Å². The second-order valence-electron chi connectivity index (χ2n) is 7.14. The molecule has 0 atom stereocenters. The third kappa shape index (κ3) is 4.28. The number of carbonyl (C=O) groups is 1. The van der Waals surface area contributed by atoms with E-state index in [4.69, 9.17) is 4.42 Å². The zero-order chi connectivity index (χ0) is 22.7. The van der Waals surface area contributed by atoms with Crippen molar-refractivity contribution in [2.24, 2.45) is 0 Å². The summed E-state index contributed by atoms with van der Waals surface area (Å²) in [6.07, 6.45) is 0. The number of amides is 1. The highest BCUT2D eigenvalue weighted by atomic mass is 32.2. The fourth-order valence-electron chi connectivity index (χ4n) is 3.41. The summed E-state index contributed by atoms with van der Waals surface area (Å²) in [4.78, 5) is 17.3. The molecule has 4 aromatic rings. The number of aromatic nitrogens is 1.